The molecule has 0 atom stereocenters. The molecular formula is C10H12BrNOS. The van der Waals surface area contributed by atoms with E-state index in [1.807, 2.05) is 11.4 Å². The highest BCUT2D eigenvalue weighted by molar-refractivity contribution is 9.10. The molecular weight excluding hydrogens is 262 g/mol. The van der Waals surface area contributed by atoms with Crippen LogP contribution in [0.2, 0.25) is 0 Å². The number of nitrogens with two attached hydrogens (primary N) is 1. The van der Waals surface area contributed by atoms with Gasteiger partial charge < -0.3 is 5.73 Å². The van der Waals surface area contributed by atoms with Crippen molar-refractivity contribution < 1.29 is 4.79 Å². The lowest BCUT2D eigenvalue weighted by atomic mass is 9.66. The normalized spacial score (nSPS) is 19.0. The number of hydrogen-bond acceptors (Lipinski definition) is 3. The Morgan fingerprint density at radius 1 is 1.64 bits per heavy atom. The summed E-state index contributed by atoms with van der Waals surface area (Å²) < 4.78 is 0.984. The van der Waals surface area contributed by atoms with Gasteiger partial charge in [0.05, 0.1) is 4.88 Å². The van der Waals surface area contributed by atoms with Gasteiger partial charge in [-0.15, -0.1) is 11.3 Å². The molecule has 0 saturated heterocycles. The van der Waals surface area contributed by atoms with Gasteiger partial charge >= 0.3 is 0 Å². The van der Waals surface area contributed by atoms with Crippen molar-refractivity contribution in [1.82, 2.24) is 0 Å². The first-order valence-corrected chi connectivity index (χ1v) is 6.34. The number of Topliss-reactive ketones (excluding diaryl/α,β-unsaturated/α-hetero) is 1. The van der Waals surface area contributed by atoms with E-state index >= 15 is 0 Å². The molecule has 2 nitrogen and oxygen atoms in total. The summed E-state index contributed by atoms with van der Waals surface area (Å²) in [5.74, 6) is 0.238. The Balaban J connectivity index is 2.23. The van der Waals surface area contributed by atoms with E-state index in [0.717, 1.165) is 28.6 Å². The fraction of sp³-hybridized carbons (Fsp3) is 0.500. The van der Waals surface area contributed by atoms with Crippen LogP contribution < -0.4 is 5.73 Å². The lowest BCUT2D eigenvalue weighted by molar-refractivity contribution is 0.0641. The predicted octanol–water partition coefficient (Wildman–Crippen LogP) is 2.82. The molecule has 4 heteroatoms. The molecule has 0 radical (unpaired) electrons. The van der Waals surface area contributed by atoms with Crippen LogP contribution in [0.15, 0.2) is 15.9 Å². The van der Waals surface area contributed by atoms with Gasteiger partial charge in [0, 0.05) is 21.8 Å². The molecule has 1 aliphatic rings. The maximum Gasteiger partial charge on any atom is 0.180 e. The number of carbonyl (C=O) groups excluding carboxylic acids is 1. The highest BCUT2D eigenvalue weighted by atomic mass is 79.9. The molecule has 0 bridgehead atoms. The molecule has 14 heavy (non-hydrogen) atoms. The van der Waals surface area contributed by atoms with Crippen LogP contribution in [-0.2, 0) is 0 Å². The minimum absolute atomic E-state index is 0.232. The van der Waals surface area contributed by atoms with Gasteiger partial charge in [0.25, 0.3) is 0 Å². The minimum atomic E-state index is -0.232. The number of halogens is 1. The molecule has 1 heterocycles. The standard InChI is InChI=1S/C10H12BrNOS/c11-7-4-8(14-5-7)9(13)10(6-12)2-1-3-10/h4-5H,1-3,6,12H2. The molecule has 0 amide bonds. The summed E-state index contributed by atoms with van der Waals surface area (Å²) in [6.45, 7) is 0.487. The largest absolute Gasteiger partial charge is 0.329 e. The van der Waals surface area contributed by atoms with Gasteiger partial charge in [-0.25, -0.2) is 0 Å². The van der Waals surface area contributed by atoms with Crippen LogP contribution in [0.25, 0.3) is 0 Å². The summed E-state index contributed by atoms with van der Waals surface area (Å²) in [6.07, 6.45) is 3.05. The van der Waals surface area contributed by atoms with Crippen molar-refractivity contribution in [2.75, 3.05) is 6.54 Å². The second kappa shape index (κ2) is 3.76. The lowest BCUT2D eigenvalue weighted by Crippen LogP contribution is -2.44. The summed E-state index contributed by atoms with van der Waals surface area (Å²) in [5.41, 5.74) is 5.45. The first kappa shape index (κ1) is 10.3. The Bertz CT molecular complexity index is 351. The van der Waals surface area contributed by atoms with Crippen LogP contribution >= 0.6 is 27.3 Å². The summed E-state index contributed by atoms with van der Waals surface area (Å²) in [7, 11) is 0. The van der Waals surface area contributed by atoms with Gasteiger partial charge in [-0.3, -0.25) is 4.79 Å². The highest BCUT2D eigenvalue weighted by Crippen LogP contribution is 2.43. The van der Waals surface area contributed by atoms with Crippen molar-refractivity contribution in [2.45, 2.75) is 19.3 Å². The van der Waals surface area contributed by atoms with Gasteiger partial charge in [0.2, 0.25) is 0 Å². The van der Waals surface area contributed by atoms with Crippen LogP contribution in [0, 0.1) is 5.41 Å². The Morgan fingerprint density at radius 3 is 2.71 bits per heavy atom. The first-order valence-electron chi connectivity index (χ1n) is 4.67. The molecule has 2 N–H and O–H groups in total. The Morgan fingerprint density at radius 2 is 2.36 bits per heavy atom. The lowest BCUT2D eigenvalue weighted by Gasteiger charge is -2.38. The molecule has 2 rings (SSSR count). The second-order valence-electron chi connectivity index (χ2n) is 3.80. The Kier molecular flexibility index (Phi) is 2.77. The molecule has 1 aliphatic carbocycles. The number of ketones is 1. The van der Waals surface area contributed by atoms with E-state index in [1.54, 1.807) is 0 Å². The van der Waals surface area contributed by atoms with Crippen LogP contribution in [0.1, 0.15) is 28.9 Å². The number of carbonyl (C=O) groups is 1. The molecule has 1 aromatic rings. The van der Waals surface area contributed by atoms with Gasteiger partial charge in [-0.2, -0.15) is 0 Å². The highest BCUT2D eigenvalue weighted by Gasteiger charge is 2.43. The summed E-state index contributed by atoms with van der Waals surface area (Å²) >= 11 is 4.85. The van der Waals surface area contributed by atoms with Crippen molar-refractivity contribution in [3.05, 3.63) is 20.8 Å². The number of hydrogen-bond donors (Lipinski definition) is 1. The zero-order valence-corrected chi connectivity index (χ0v) is 10.2. The molecule has 1 aromatic heterocycles. The molecule has 1 fully saturated rings. The quantitative estimate of drug-likeness (QED) is 0.861. The number of rotatable bonds is 3. The van der Waals surface area contributed by atoms with Crippen molar-refractivity contribution in [3.8, 4) is 0 Å². The van der Waals surface area contributed by atoms with E-state index in [-0.39, 0.29) is 11.2 Å². The van der Waals surface area contributed by atoms with Crippen LogP contribution in [0.5, 0.6) is 0 Å². The van der Waals surface area contributed by atoms with E-state index in [0.29, 0.717) is 6.54 Å². The summed E-state index contributed by atoms with van der Waals surface area (Å²) in [5, 5.41) is 1.94. The van der Waals surface area contributed by atoms with E-state index in [1.165, 1.54) is 11.3 Å². The number of thiophene rings is 1. The maximum atomic E-state index is 12.1. The van der Waals surface area contributed by atoms with Crippen LogP contribution in [0.3, 0.4) is 0 Å². The third-order valence-corrected chi connectivity index (χ3v) is 4.66. The van der Waals surface area contributed by atoms with Crippen molar-refractivity contribution >= 4 is 33.0 Å². The van der Waals surface area contributed by atoms with E-state index in [9.17, 15) is 4.79 Å². The Hall–Kier alpha value is -0.190. The monoisotopic (exact) mass is 273 g/mol. The van der Waals surface area contributed by atoms with Crippen molar-refractivity contribution in [2.24, 2.45) is 11.1 Å². The average molecular weight is 274 g/mol. The van der Waals surface area contributed by atoms with Gasteiger partial charge in [0.15, 0.2) is 5.78 Å². The smallest absolute Gasteiger partial charge is 0.180 e. The van der Waals surface area contributed by atoms with E-state index < -0.39 is 0 Å². The second-order valence-corrected chi connectivity index (χ2v) is 5.62. The third kappa shape index (κ3) is 1.55. The van der Waals surface area contributed by atoms with Crippen LogP contribution in [-0.4, -0.2) is 12.3 Å². The zero-order valence-electron chi connectivity index (χ0n) is 7.75. The van der Waals surface area contributed by atoms with Gasteiger partial charge in [-0.05, 0) is 34.8 Å². The molecule has 76 valence electrons. The van der Waals surface area contributed by atoms with E-state index in [2.05, 4.69) is 15.9 Å². The fourth-order valence-electron chi connectivity index (χ4n) is 1.82. The fourth-order valence-corrected chi connectivity index (χ4v) is 3.31. The van der Waals surface area contributed by atoms with E-state index in [4.69, 9.17) is 5.73 Å². The van der Waals surface area contributed by atoms with Crippen molar-refractivity contribution in [1.29, 1.82) is 0 Å². The topological polar surface area (TPSA) is 43.1 Å². The molecule has 0 aliphatic heterocycles. The first-order chi connectivity index (χ1) is 6.68. The molecule has 1 saturated carbocycles. The molecule has 0 aromatic carbocycles. The summed E-state index contributed by atoms with van der Waals surface area (Å²) in [6, 6.07) is 1.89. The predicted molar refractivity (Wildman–Crippen MR) is 61.7 cm³/mol. The summed E-state index contributed by atoms with van der Waals surface area (Å²) in [4.78, 5) is 12.9. The van der Waals surface area contributed by atoms with Gasteiger partial charge in [-0.1, -0.05) is 6.42 Å². The van der Waals surface area contributed by atoms with Gasteiger partial charge in [0.1, 0.15) is 0 Å². The third-order valence-electron chi connectivity index (χ3n) is 2.97. The zero-order chi connectivity index (χ0) is 10.2. The SMILES string of the molecule is NCC1(C(=O)c2cc(Br)cs2)CCC1. The Labute approximate surface area is 95.6 Å². The average Bonchev–Trinajstić information content (AvgIpc) is 2.50. The van der Waals surface area contributed by atoms with Crippen LogP contribution in [0.4, 0.5) is 0 Å². The van der Waals surface area contributed by atoms with Crippen molar-refractivity contribution in [3.63, 3.8) is 0 Å². The minimum Gasteiger partial charge on any atom is -0.329 e. The molecule has 0 unspecified atom stereocenters. The molecule has 0 spiro atoms. The maximum absolute atomic E-state index is 12.1.